The summed E-state index contributed by atoms with van der Waals surface area (Å²) in [5.41, 5.74) is 3.05. The molecular weight excluding hydrogens is 348 g/mol. The number of hydrogen-bond donors (Lipinski definition) is 1. The van der Waals surface area contributed by atoms with Crippen LogP contribution in [0.5, 0.6) is 0 Å². The monoisotopic (exact) mass is 368 g/mol. The fraction of sp³-hybridized carbons (Fsp3) is 0.150. The fourth-order valence-electron chi connectivity index (χ4n) is 2.38. The molecule has 0 unspecified atom stereocenters. The molecule has 0 atom stereocenters. The van der Waals surface area contributed by atoms with Crippen LogP contribution in [0.3, 0.4) is 0 Å². The maximum absolute atomic E-state index is 12.2. The van der Waals surface area contributed by atoms with Gasteiger partial charge < -0.3 is 4.74 Å². The van der Waals surface area contributed by atoms with E-state index < -0.39 is 10.0 Å². The van der Waals surface area contributed by atoms with Gasteiger partial charge in [-0.05, 0) is 28.8 Å². The van der Waals surface area contributed by atoms with Crippen LogP contribution in [-0.2, 0) is 34.5 Å². The third kappa shape index (κ3) is 5.23. The zero-order valence-corrected chi connectivity index (χ0v) is 15.0. The molecule has 1 N–H and O–H groups in total. The molecule has 0 aliphatic heterocycles. The molecule has 0 aliphatic rings. The SMILES string of the molecule is O=S(=O)(NCc1ccc(COCc2ccccc2)cc1)c1cccnc1. The van der Waals surface area contributed by atoms with Gasteiger partial charge in [0.25, 0.3) is 0 Å². The van der Waals surface area contributed by atoms with E-state index in [-0.39, 0.29) is 11.4 Å². The van der Waals surface area contributed by atoms with E-state index in [1.54, 1.807) is 6.07 Å². The van der Waals surface area contributed by atoms with Gasteiger partial charge in [-0.3, -0.25) is 4.98 Å². The number of hydrogen-bond acceptors (Lipinski definition) is 4. The molecule has 3 rings (SSSR count). The molecule has 0 saturated heterocycles. The van der Waals surface area contributed by atoms with Crippen molar-refractivity contribution < 1.29 is 13.2 Å². The smallest absolute Gasteiger partial charge is 0.242 e. The first kappa shape index (κ1) is 18.3. The number of nitrogens with zero attached hydrogens (tertiary/aromatic N) is 1. The molecule has 1 aromatic heterocycles. The number of nitrogens with one attached hydrogen (secondary N) is 1. The minimum absolute atomic E-state index is 0.158. The summed E-state index contributed by atoms with van der Waals surface area (Å²) >= 11 is 0. The van der Waals surface area contributed by atoms with Crippen LogP contribution in [0.2, 0.25) is 0 Å². The third-order valence-corrected chi connectivity index (χ3v) is 5.20. The van der Waals surface area contributed by atoms with Crippen molar-refractivity contribution in [3.8, 4) is 0 Å². The summed E-state index contributed by atoms with van der Waals surface area (Å²) in [7, 11) is -3.55. The van der Waals surface area contributed by atoms with Gasteiger partial charge in [-0.1, -0.05) is 54.6 Å². The Labute approximate surface area is 153 Å². The number of benzene rings is 2. The molecule has 6 heteroatoms. The number of aromatic nitrogens is 1. The van der Waals surface area contributed by atoms with Crippen molar-refractivity contribution in [3.05, 3.63) is 95.8 Å². The van der Waals surface area contributed by atoms with Gasteiger partial charge in [-0.15, -0.1) is 0 Å². The van der Waals surface area contributed by atoms with Gasteiger partial charge in [0, 0.05) is 18.9 Å². The molecule has 0 amide bonds. The number of sulfonamides is 1. The Bertz CT molecular complexity index is 912. The Hall–Kier alpha value is -2.54. The van der Waals surface area contributed by atoms with Crippen LogP contribution >= 0.6 is 0 Å². The molecule has 0 saturated carbocycles. The highest BCUT2D eigenvalue weighted by Crippen LogP contribution is 2.10. The minimum Gasteiger partial charge on any atom is -0.372 e. The van der Waals surface area contributed by atoms with Crippen LogP contribution in [0.15, 0.2) is 84.0 Å². The van der Waals surface area contributed by atoms with E-state index >= 15 is 0 Å². The summed E-state index contributed by atoms with van der Waals surface area (Å²) in [4.78, 5) is 3.99. The van der Waals surface area contributed by atoms with Crippen LogP contribution < -0.4 is 4.72 Å². The van der Waals surface area contributed by atoms with Crippen molar-refractivity contribution in [3.63, 3.8) is 0 Å². The predicted octanol–water partition coefficient (Wildman–Crippen LogP) is 3.28. The molecule has 134 valence electrons. The Morgan fingerprint density at radius 3 is 2.12 bits per heavy atom. The lowest BCUT2D eigenvalue weighted by molar-refractivity contribution is 0.107. The van der Waals surface area contributed by atoms with Gasteiger partial charge >= 0.3 is 0 Å². The highest BCUT2D eigenvalue weighted by Gasteiger charge is 2.13. The maximum atomic E-state index is 12.2. The largest absolute Gasteiger partial charge is 0.372 e. The van der Waals surface area contributed by atoms with E-state index in [1.807, 2.05) is 54.6 Å². The van der Waals surface area contributed by atoms with Crippen LogP contribution in [-0.4, -0.2) is 13.4 Å². The van der Waals surface area contributed by atoms with E-state index in [4.69, 9.17) is 4.74 Å². The molecule has 26 heavy (non-hydrogen) atoms. The molecule has 1 heterocycles. The molecule has 5 nitrogen and oxygen atoms in total. The van der Waals surface area contributed by atoms with E-state index in [1.165, 1.54) is 18.5 Å². The maximum Gasteiger partial charge on any atom is 0.242 e. The molecule has 3 aromatic rings. The summed E-state index contributed by atoms with van der Waals surface area (Å²) in [6.45, 7) is 1.30. The predicted molar refractivity (Wildman–Crippen MR) is 99.6 cm³/mol. The second kappa shape index (κ2) is 8.71. The van der Waals surface area contributed by atoms with E-state index in [2.05, 4.69) is 9.71 Å². The quantitative estimate of drug-likeness (QED) is 0.663. The van der Waals surface area contributed by atoms with Gasteiger partial charge in [-0.2, -0.15) is 0 Å². The van der Waals surface area contributed by atoms with Gasteiger partial charge in [0.05, 0.1) is 13.2 Å². The first-order chi connectivity index (χ1) is 12.6. The molecule has 0 radical (unpaired) electrons. The summed E-state index contributed by atoms with van der Waals surface area (Å²) in [5.74, 6) is 0. The average Bonchev–Trinajstić information content (AvgIpc) is 2.69. The van der Waals surface area contributed by atoms with Crippen LogP contribution in [0.25, 0.3) is 0 Å². The van der Waals surface area contributed by atoms with Crippen molar-refractivity contribution in [1.29, 1.82) is 0 Å². The van der Waals surface area contributed by atoms with Crippen LogP contribution in [0, 0.1) is 0 Å². The lowest BCUT2D eigenvalue weighted by Gasteiger charge is -2.08. The number of pyridine rings is 1. The standard InChI is InChI=1S/C20H20N2O3S/c23-26(24,20-7-4-12-21-14-20)22-13-17-8-10-19(11-9-17)16-25-15-18-5-2-1-3-6-18/h1-12,14,22H,13,15-16H2. The molecule has 2 aromatic carbocycles. The Morgan fingerprint density at radius 2 is 1.46 bits per heavy atom. The van der Waals surface area contributed by atoms with Crippen molar-refractivity contribution in [2.45, 2.75) is 24.7 Å². The van der Waals surface area contributed by atoms with Gasteiger partial charge in [0.2, 0.25) is 10.0 Å². The lowest BCUT2D eigenvalue weighted by atomic mass is 10.1. The molecule has 0 spiro atoms. The fourth-order valence-corrected chi connectivity index (χ4v) is 3.36. The zero-order valence-electron chi connectivity index (χ0n) is 14.2. The van der Waals surface area contributed by atoms with Gasteiger partial charge in [0.1, 0.15) is 4.90 Å². The van der Waals surface area contributed by atoms with Crippen LogP contribution in [0.1, 0.15) is 16.7 Å². The van der Waals surface area contributed by atoms with Crippen LogP contribution in [0.4, 0.5) is 0 Å². The van der Waals surface area contributed by atoms with Crippen molar-refractivity contribution >= 4 is 10.0 Å². The molecule has 0 fully saturated rings. The average molecular weight is 368 g/mol. The highest BCUT2D eigenvalue weighted by molar-refractivity contribution is 7.89. The Balaban J connectivity index is 1.50. The third-order valence-electron chi connectivity index (χ3n) is 3.81. The second-order valence-electron chi connectivity index (χ2n) is 5.81. The van der Waals surface area contributed by atoms with Gasteiger partial charge in [-0.25, -0.2) is 13.1 Å². The molecular formula is C20H20N2O3S. The normalized spacial score (nSPS) is 11.4. The topological polar surface area (TPSA) is 68.3 Å². The number of rotatable bonds is 8. The molecule has 0 aliphatic carbocycles. The summed E-state index contributed by atoms with van der Waals surface area (Å²) in [6, 6.07) is 20.8. The van der Waals surface area contributed by atoms with E-state index in [9.17, 15) is 8.42 Å². The Kier molecular flexibility index (Phi) is 6.12. The first-order valence-electron chi connectivity index (χ1n) is 8.23. The minimum atomic E-state index is -3.55. The number of ether oxygens (including phenoxy) is 1. The second-order valence-corrected chi connectivity index (χ2v) is 7.58. The molecule has 0 bridgehead atoms. The first-order valence-corrected chi connectivity index (χ1v) is 9.71. The van der Waals surface area contributed by atoms with E-state index in [0.717, 1.165) is 16.7 Å². The summed E-state index contributed by atoms with van der Waals surface area (Å²) in [5, 5.41) is 0. The lowest BCUT2D eigenvalue weighted by Crippen LogP contribution is -2.23. The van der Waals surface area contributed by atoms with E-state index in [0.29, 0.717) is 13.2 Å². The van der Waals surface area contributed by atoms with Crippen molar-refractivity contribution in [1.82, 2.24) is 9.71 Å². The highest BCUT2D eigenvalue weighted by atomic mass is 32.2. The van der Waals surface area contributed by atoms with Crippen molar-refractivity contribution in [2.75, 3.05) is 0 Å². The zero-order chi connectivity index (χ0) is 18.2. The summed E-state index contributed by atoms with van der Waals surface area (Å²) in [6.07, 6.45) is 2.87. The summed E-state index contributed by atoms with van der Waals surface area (Å²) < 4.78 is 32.6. The van der Waals surface area contributed by atoms with Crippen molar-refractivity contribution in [2.24, 2.45) is 0 Å². The Morgan fingerprint density at radius 1 is 0.808 bits per heavy atom. The van der Waals surface area contributed by atoms with Gasteiger partial charge in [0.15, 0.2) is 0 Å².